The Morgan fingerprint density at radius 3 is 2.58 bits per heavy atom. The second-order valence-electron chi connectivity index (χ2n) is 5.62. The number of para-hydroxylation sites is 1. The SMILES string of the molecule is CNC(c1cc(Cl)cc(COc2ccccc2CC(=O)O)c1)C(F)(F)F. The van der Waals surface area contributed by atoms with Gasteiger partial charge in [-0.1, -0.05) is 35.9 Å². The second-order valence-corrected chi connectivity index (χ2v) is 6.06. The Morgan fingerprint density at radius 1 is 1.27 bits per heavy atom. The fourth-order valence-corrected chi connectivity index (χ4v) is 2.83. The molecule has 2 N–H and O–H groups in total. The lowest BCUT2D eigenvalue weighted by Crippen LogP contribution is -2.31. The Bertz CT molecular complexity index is 781. The van der Waals surface area contributed by atoms with Crippen LogP contribution in [0.15, 0.2) is 42.5 Å². The molecule has 0 aromatic heterocycles. The van der Waals surface area contributed by atoms with Crippen molar-refractivity contribution in [1.82, 2.24) is 5.32 Å². The fraction of sp³-hybridized carbons (Fsp3) is 0.278. The second kappa shape index (κ2) is 8.42. The average molecular weight is 388 g/mol. The summed E-state index contributed by atoms with van der Waals surface area (Å²) in [5.74, 6) is -0.648. The third kappa shape index (κ3) is 5.37. The highest BCUT2D eigenvalue weighted by Crippen LogP contribution is 2.34. The maximum Gasteiger partial charge on any atom is 0.407 e. The predicted molar refractivity (Wildman–Crippen MR) is 91.4 cm³/mol. The summed E-state index contributed by atoms with van der Waals surface area (Å²) in [6.07, 6.45) is -4.68. The minimum atomic E-state index is -4.47. The number of carboxylic acid groups (broad SMARTS) is 1. The number of ether oxygens (including phenoxy) is 1. The maximum atomic E-state index is 13.1. The summed E-state index contributed by atoms with van der Waals surface area (Å²) in [7, 11) is 1.22. The summed E-state index contributed by atoms with van der Waals surface area (Å²) in [5, 5.41) is 11.3. The molecule has 26 heavy (non-hydrogen) atoms. The number of rotatable bonds is 7. The monoisotopic (exact) mass is 387 g/mol. The number of carbonyl (C=O) groups is 1. The van der Waals surface area contributed by atoms with Crippen molar-refractivity contribution in [2.45, 2.75) is 25.2 Å². The zero-order valence-electron chi connectivity index (χ0n) is 13.8. The van der Waals surface area contributed by atoms with Gasteiger partial charge >= 0.3 is 12.1 Å². The lowest BCUT2D eigenvalue weighted by molar-refractivity contribution is -0.156. The lowest BCUT2D eigenvalue weighted by Gasteiger charge is -2.21. The van der Waals surface area contributed by atoms with E-state index in [-0.39, 0.29) is 23.6 Å². The Kier molecular flexibility index (Phi) is 6.50. The summed E-state index contributed by atoms with van der Waals surface area (Å²) in [4.78, 5) is 10.9. The van der Waals surface area contributed by atoms with Gasteiger partial charge in [0.05, 0.1) is 6.42 Å². The molecule has 4 nitrogen and oxygen atoms in total. The van der Waals surface area contributed by atoms with Crippen LogP contribution in [0.3, 0.4) is 0 Å². The van der Waals surface area contributed by atoms with E-state index in [1.165, 1.54) is 25.2 Å². The first-order valence-corrected chi connectivity index (χ1v) is 8.04. The standard InChI is InChI=1S/C18H17ClF3NO3/c1-23-17(18(20,21)22)13-6-11(7-14(19)8-13)10-26-15-5-3-2-4-12(15)9-16(24)25/h2-8,17,23H,9-10H2,1H3,(H,24,25). The minimum absolute atomic E-state index is 0.0232. The highest BCUT2D eigenvalue weighted by Gasteiger charge is 2.39. The third-order valence-corrected chi connectivity index (χ3v) is 3.86. The van der Waals surface area contributed by atoms with Gasteiger partial charge in [-0.25, -0.2) is 0 Å². The summed E-state index contributed by atoms with van der Waals surface area (Å²) >= 11 is 5.95. The molecule has 0 aliphatic rings. The van der Waals surface area contributed by atoms with Crippen LogP contribution in [0.5, 0.6) is 5.75 Å². The highest BCUT2D eigenvalue weighted by molar-refractivity contribution is 6.30. The van der Waals surface area contributed by atoms with Gasteiger partial charge in [-0.15, -0.1) is 0 Å². The molecule has 0 amide bonds. The van der Waals surface area contributed by atoms with Crippen LogP contribution in [0, 0.1) is 0 Å². The molecule has 2 aromatic carbocycles. The molecule has 0 saturated carbocycles. The van der Waals surface area contributed by atoms with Gasteiger partial charge in [0.2, 0.25) is 0 Å². The fourth-order valence-electron chi connectivity index (χ4n) is 2.56. The molecule has 2 aromatic rings. The molecule has 1 unspecified atom stereocenters. The van der Waals surface area contributed by atoms with Crippen LogP contribution in [-0.2, 0) is 17.8 Å². The van der Waals surface area contributed by atoms with Crippen LogP contribution < -0.4 is 10.1 Å². The van der Waals surface area contributed by atoms with E-state index in [0.29, 0.717) is 16.9 Å². The van der Waals surface area contributed by atoms with Gasteiger partial charge in [-0.05, 0) is 36.4 Å². The molecule has 0 radical (unpaired) electrons. The topological polar surface area (TPSA) is 58.6 Å². The zero-order chi connectivity index (χ0) is 19.3. The molecule has 0 aliphatic heterocycles. The quantitative estimate of drug-likeness (QED) is 0.740. The molecule has 2 rings (SSSR count). The van der Waals surface area contributed by atoms with Gasteiger partial charge in [0.1, 0.15) is 18.4 Å². The summed E-state index contributed by atoms with van der Waals surface area (Å²) in [6.45, 7) is -0.0432. The van der Waals surface area contributed by atoms with Crippen molar-refractivity contribution < 1.29 is 27.8 Å². The highest BCUT2D eigenvalue weighted by atomic mass is 35.5. The van der Waals surface area contributed by atoms with E-state index in [1.54, 1.807) is 24.3 Å². The number of carboxylic acids is 1. The van der Waals surface area contributed by atoms with Gasteiger partial charge in [-0.3, -0.25) is 4.79 Å². The van der Waals surface area contributed by atoms with E-state index in [2.05, 4.69) is 5.32 Å². The van der Waals surface area contributed by atoms with Gasteiger partial charge in [0.15, 0.2) is 0 Å². The first-order chi connectivity index (χ1) is 12.2. The molecule has 0 spiro atoms. The minimum Gasteiger partial charge on any atom is -0.489 e. The number of hydrogen-bond donors (Lipinski definition) is 2. The molecule has 0 fully saturated rings. The van der Waals surface area contributed by atoms with Crippen molar-refractivity contribution in [1.29, 1.82) is 0 Å². The molecule has 0 heterocycles. The first kappa shape index (κ1) is 20.1. The molecule has 1 atom stereocenters. The van der Waals surface area contributed by atoms with E-state index < -0.39 is 18.2 Å². The average Bonchev–Trinajstić information content (AvgIpc) is 2.52. The van der Waals surface area contributed by atoms with Crippen molar-refractivity contribution >= 4 is 17.6 Å². The Morgan fingerprint density at radius 2 is 1.96 bits per heavy atom. The van der Waals surface area contributed by atoms with Gasteiger partial charge in [0, 0.05) is 10.6 Å². The Hall–Kier alpha value is -2.25. The number of nitrogens with one attached hydrogen (secondary N) is 1. The first-order valence-electron chi connectivity index (χ1n) is 7.66. The van der Waals surface area contributed by atoms with Crippen molar-refractivity contribution in [3.8, 4) is 5.75 Å². The maximum absolute atomic E-state index is 13.1. The van der Waals surface area contributed by atoms with Crippen LogP contribution in [0.1, 0.15) is 22.7 Å². The normalized spacial score (nSPS) is 12.7. The lowest BCUT2D eigenvalue weighted by atomic mass is 10.0. The predicted octanol–water partition coefficient (Wildman–Crippen LogP) is 4.37. The molecule has 0 bridgehead atoms. The van der Waals surface area contributed by atoms with Crippen LogP contribution in [-0.4, -0.2) is 24.3 Å². The largest absolute Gasteiger partial charge is 0.489 e. The van der Waals surface area contributed by atoms with Crippen molar-refractivity contribution in [3.63, 3.8) is 0 Å². The molecule has 0 aliphatic carbocycles. The molecule has 0 saturated heterocycles. The molecule has 8 heteroatoms. The molecular formula is C18H17ClF3NO3. The van der Waals surface area contributed by atoms with Gasteiger partial charge in [-0.2, -0.15) is 13.2 Å². The van der Waals surface area contributed by atoms with E-state index in [0.717, 1.165) is 0 Å². The smallest absolute Gasteiger partial charge is 0.407 e. The van der Waals surface area contributed by atoms with Gasteiger partial charge in [0.25, 0.3) is 0 Å². The number of aliphatic carboxylic acids is 1. The van der Waals surface area contributed by atoms with Crippen LogP contribution in [0.4, 0.5) is 13.2 Å². The molecule has 140 valence electrons. The van der Waals surface area contributed by atoms with E-state index >= 15 is 0 Å². The van der Waals surface area contributed by atoms with Crippen LogP contribution >= 0.6 is 11.6 Å². The number of benzene rings is 2. The summed E-state index contributed by atoms with van der Waals surface area (Å²) in [5.41, 5.74) is 0.901. The summed E-state index contributed by atoms with van der Waals surface area (Å²) in [6, 6.07) is 8.86. The Labute approximate surface area is 153 Å². The molecular weight excluding hydrogens is 371 g/mol. The van der Waals surface area contributed by atoms with Crippen LogP contribution in [0.25, 0.3) is 0 Å². The number of alkyl halides is 3. The van der Waals surface area contributed by atoms with E-state index in [1.807, 2.05) is 0 Å². The van der Waals surface area contributed by atoms with Gasteiger partial charge < -0.3 is 15.2 Å². The van der Waals surface area contributed by atoms with Crippen LogP contribution in [0.2, 0.25) is 5.02 Å². The zero-order valence-corrected chi connectivity index (χ0v) is 14.6. The third-order valence-electron chi connectivity index (χ3n) is 3.64. The number of hydrogen-bond acceptors (Lipinski definition) is 3. The van der Waals surface area contributed by atoms with Crippen molar-refractivity contribution in [2.24, 2.45) is 0 Å². The van der Waals surface area contributed by atoms with Crippen molar-refractivity contribution in [3.05, 3.63) is 64.2 Å². The number of halogens is 4. The van der Waals surface area contributed by atoms with Crippen molar-refractivity contribution in [2.75, 3.05) is 7.05 Å². The van der Waals surface area contributed by atoms with E-state index in [4.69, 9.17) is 21.4 Å². The Balaban J connectivity index is 2.22. The van der Waals surface area contributed by atoms with E-state index in [9.17, 15) is 18.0 Å². The summed E-state index contributed by atoms with van der Waals surface area (Å²) < 4.78 is 44.9.